The Kier molecular flexibility index (Phi) is 6.22. The van der Waals surface area contributed by atoms with Gasteiger partial charge in [0.2, 0.25) is 5.91 Å². The molecule has 7 heteroatoms. The molecule has 2 aromatic rings. The van der Waals surface area contributed by atoms with Gasteiger partial charge >= 0.3 is 6.03 Å². The molecule has 0 atom stereocenters. The number of nitrogens with zero attached hydrogens (tertiary/aromatic N) is 1. The second kappa shape index (κ2) is 8.80. The second-order valence-electron chi connectivity index (χ2n) is 6.37. The van der Waals surface area contributed by atoms with E-state index in [4.69, 9.17) is 0 Å². The Bertz CT molecular complexity index is 692. The average molecular weight is 360 g/mol. The summed E-state index contributed by atoms with van der Waals surface area (Å²) in [6.07, 6.45) is 6.75. The zero-order valence-electron chi connectivity index (χ0n) is 14.2. The molecule has 6 nitrogen and oxygen atoms in total. The Labute approximate surface area is 151 Å². The quantitative estimate of drug-likeness (QED) is 0.688. The van der Waals surface area contributed by atoms with Crippen molar-refractivity contribution in [2.75, 3.05) is 11.9 Å². The molecule has 134 valence electrons. The van der Waals surface area contributed by atoms with Gasteiger partial charge in [-0.15, -0.1) is 0 Å². The van der Waals surface area contributed by atoms with Crippen LogP contribution in [0.3, 0.4) is 0 Å². The molecule has 3 amide bonds. The Morgan fingerprint density at radius 1 is 1.16 bits per heavy atom. The van der Waals surface area contributed by atoms with Gasteiger partial charge in [-0.2, -0.15) is 0 Å². The predicted octanol–water partition coefficient (Wildman–Crippen LogP) is 3.65. The van der Waals surface area contributed by atoms with E-state index in [1.54, 1.807) is 0 Å². The maximum atomic E-state index is 12.0. The second-order valence-corrected chi connectivity index (χ2v) is 7.40. The summed E-state index contributed by atoms with van der Waals surface area (Å²) in [4.78, 5) is 28.2. The Hall–Kier alpha value is -2.15. The van der Waals surface area contributed by atoms with Gasteiger partial charge < -0.3 is 16.0 Å². The third-order valence-electron chi connectivity index (χ3n) is 4.35. The number of urea groups is 1. The number of rotatable bonds is 6. The highest BCUT2D eigenvalue weighted by Crippen LogP contribution is 2.25. The van der Waals surface area contributed by atoms with E-state index in [0.29, 0.717) is 30.6 Å². The number of benzene rings is 1. The van der Waals surface area contributed by atoms with Crippen LogP contribution in [-0.2, 0) is 4.79 Å². The maximum Gasteiger partial charge on any atom is 0.315 e. The van der Waals surface area contributed by atoms with Gasteiger partial charge in [0, 0.05) is 19.0 Å². The van der Waals surface area contributed by atoms with Crippen LogP contribution in [0.5, 0.6) is 0 Å². The molecule has 3 N–H and O–H groups in total. The molecule has 0 spiro atoms. The Balaban J connectivity index is 1.33. The number of nitrogens with one attached hydrogen (secondary N) is 3. The number of carbonyl (C=O) groups is 2. The van der Waals surface area contributed by atoms with Gasteiger partial charge in [-0.05, 0) is 31.4 Å². The van der Waals surface area contributed by atoms with Crippen molar-refractivity contribution < 1.29 is 9.59 Å². The van der Waals surface area contributed by atoms with Crippen molar-refractivity contribution in [3.8, 4) is 0 Å². The molecule has 1 saturated carbocycles. The van der Waals surface area contributed by atoms with Crippen molar-refractivity contribution in [2.45, 2.75) is 51.0 Å². The third-order valence-corrected chi connectivity index (χ3v) is 5.30. The molecular formula is C18H24N4O2S. The van der Waals surface area contributed by atoms with Crippen molar-refractivity contribution >= 4 is 38.6 Å². The van der Waals surface area contributed by atoms with Crippen molar-refractivity contribution in [1.82, 2.24) is 15.6 Å². The molecule has 0 bridgehead atoms. The van der Waals surface area contributed by atoms with E-state index in [-0.39, 0.29) is 11.9 Å². The molecule has 25 heavy (non-hydrogen) atoms. The van der Waals surface area contributed by atoms with Crippen molar-refractivity contribution in [1.29, 1.82) is 0 Å². The van der Waals surface area contributed by atoms with Crippen LogP contribution in [0.15, 0.2) is 24.3 Å². The van der Waals surface area contributed by atoms with Crippen molar-refractivity contribution in [2.24, 2.45) is 0 Å². The summed E-state index contributed by atoms with van der Waals surface area (Å²) in [5, 5.41) is 9.28. The topological polar surface area (TPSA) is 83.1 Å². The maximum absolute atomic E-state index is 12.0. The highest BCUT2D eigenvalue weighted by molar-refractivity contribution is 7.22. The first-order chi connectivity index (χ1) is 12.2. The number of fused-ring (bicyclic) bond motifs is 1. The van der Waals surface area contributed by atoms with E-state index in [9.17, 15) is 9.59 Å². The number of thiazole rings is 1. The smallest absolute Gasteiger partial charge is 0.315 e. The number of aromatic nitrogens is 1. The van der Waals surface area contributed by atoms with Gasteiger partial charge in [-0.1, -0.05) is 42.7 Å². The van der Waals surface area contributed by atoms with E-state index < -0.39 is 0 Å². The first kappa shape index (κ1) is 17.7. The lowest BCUT2D eigenvalue weighted by Crippen LogP contribution is -2.43. The van der Waals surface area contributed by atoms with Gasteiger partial charge in [0.1, 0.15) is 0 Å². The van der Waals surface area contributed by atoms with Gasteiger partial charge in [-0.25, -0.2) is 9.78 Å². The molecule has 0 aliphatic heterocycles. The zero-order chi connectivity index (χ0) is 17.5. The summed E-state index contributed by atoms with van der Waals surface area (Å²) >= 11 is 1.47. The van der Waals surface area contributed by atoms with E-state index in [2.05, 4.69) is 20.9 Å². The molecule has 3 rings (SSSR count). The summed E-state index contributed by atoms with van der Waals surface area (Å²) in [5.41, 5.74) is 0.892. The van der Waals surface area contributed by atoms with Gasteiger partial charge in [-0.3, -0.25) is 4.79 Å². The summed E-state index contributed by atoms with van der Waals surface area (Å²) in [6.45, 7) is 0.492. The van der Waals surface area contributed by atoms with Gasteiger partial charge in [0.15, 0.2) is 5.13 Å². The van der Waals surface area contributed by atoms with Crippen LogP contribution >= 0.6 is 11.3 Å². The molecular weight excluding hydrogens is 336 g/mol. The number of amides is 3. The minimum atomic E-state index is -0.126. The lowest BCUT2D eigenvalue weighted by atomic mass is 9.96. The Morgan fingerprint density at radius 3 is 2.76 bits per heavy atom. The predicted molar refractivity (Wildman–Crippen MR) is 101 cm³/mol. The fourth-order valence-electron chi connectivity index (χ4n) is 3.04. The minimum Gasteiger partial charge on any atom is -0.338 e. The molecule has 1 aromatic heterocycles. The van der Waals surface area contributed by atoms with Crippen LogP contribution in [0.25, 0.3) is 10.2 Å². The molecule has 1 heterocycles. The van der Waals surface area contributed by atoms with Gasteiger partial charge in [0.05, 0.1) is 10.2 Å². The minimum absolute atomic E-state index is 0.0754. The normalized spacial score (nSPS) is 15.0. The molecule has 0 radical (unpaired) electrons. The van der Waals surface area contributed by atoms with E-state index in [1.807, 2.05) is 24.3 Å². The van der Waals surface area contributed by atoms with Crippen LogP contribution in [0.4, 0.5) is 9.93 Å². The molecule has 1 aliphatic carbocycles. The lowest BCUT2D eigenvalue weighted by Gasteiger charge is -2.22. The third kappa shape index (κ3) is 5.42. The monoisotopic (exact) mass is 360 g/mol. The number of hydrogen-bond acceptors (Lipinski definition) is 4. The largest absolute Gasteiger partial charge is 0.338 e. The summed E-state index contributed by atoms with van der Waals surface area (Å²) in [6, 6.07) is 7.97. The van der Waals surface area contributed by atoms with Crippen LogP contribution in [0, 0.1) is 0 Å². The van der Waals surface area contributed by atoms with Crippen molar-refractivity contribution in [3.63, 3.8) is 0 Å². The van der Waals surface area contributed by atoms with Crippen molar-refractivity contribution in [3.05, 3.63) is 24.3 Å². The molecule has 0 unspecified atom stereocenters. The summed E-state index contributed by atoms with van der Waals surface area (Å²) < 4.78 is 1.05. The fourth-order valence-corrected chi connectivity index (χ4v) is 3.92. The standard InChI is InChI=1S/C18H24N4O2S/c23-16(22-18-21-14-9-4-5-10-15(14)25-18)11-6-12-19-17(24)20-13-7-2-1-3-8-13/h4-5,9-10,13H,1-3,6-8,11-12H2,(H2,19,20,24)(H,21,22,23). The average Bonchev–Trinajstić information content (AvgIpc) is 3.02. The molecule has 1 aromatic carbocycles. The highest BCUT2D eigenvalue weighted by atomic mass is 32.1. The van der Waals surface area contributed by atoms with Gasteiger partial charge in [0.25, 0.3) is 0 Å². The van der Waals surface area contributed by atoms with Crippen LogP contribution < -0.4 is 16.0 Å². The van der Waals surface area contributed by atoms with E-state index in [0.717, 1.165) is 23.1 Å². The highest BCUT2D eigenvalue weighted by Gasteiger charge is 2.15. The number of para-hydroxylation sites is 1. The SMILES string of the molecule is O=C(CCCNC(=O)NC1CCCCC1)Nc1nc2ccccc2s1. The molecule has 1 fully saturated rings. The lowest BCUT2D eigenvalue weighted by molar-refractivity contribution is -0.116. The molecule has 0 saturated heterocycles. The van der Waals surface area contributed by atoms with Crippen LogP contribution in [-0.4, -0.2) is 29.5 Å². The Morgan fingerprint density at radius 2 is 1.96 bits per heavy atom. The first-order valence-electron chi connectivity index (χ1n) is 8.90. The summed E-state index contributed by atoms with van der Waals surface area (Å²) in [7, 11) is 0. The summed E-state index contributed by atoms with van der Waals surface area (Å²) in [5.74, 6) is -0.0754. The fraction of sp³-hybridized carbons (Fsp3) is 0.500. The van der Waals surface area contributed by atoms with Crippen LogP contribution in [0.2, 0.25) is 0 Å². The first-order valence-corrected chi connectivity index (χ1v) is 9.72. The van der Waals surface area contributed by atoms with E-state index in [1.165, 1.54) is 30.6 Å². The number of anilines is 1. The molecule has 1 aliphatic rings. The number of carbonyl (C=O) groups excluding carboxylic acids is 2. The van der Waals surface area contributed by atoms with Crippen LogP contribution in [0.1, 0.15) is 44.9 Å². The van der Waals surface area contributed by atoms with E-state index >= 15 is 0 Å². The number of hydrogen-bond donors (Lipinski definition) is 3. The zero-order valence-corrected chi connectivity index (χ0v) is 15.0.